The summed E-state index contributed by atoms with van der Waals surface area (Å²) in [5, 5.41) is 17.2. The smallest absolute Gasteiger partial charge is 0.168 e. The Morgan fingerprint density at radius 3 is 1.75 bits per heavy atom. The zero-order valence-electron chi connectivity index (χ0n) is 8.65. The van der Waals surface area contributed by atoms with E-state index in [0.29, 0.717) is 5.92 Å². The molecule has 72 valence electrons. The molecule has 0 spiro atoms. The van der Waals surface area contributed by atoms with E-state index in [2.05, 4.69) is 24.1 Å². The zero-order chi connectivity index (χ0) is 9.72. The van der Waals surface area contributed by atoms with Crippen molar-refractivity contribution in [2.75, 3.05) is 0 Å². The monoisotopic (exact) mass is 172 g/mol. The lowest BCUT2D eigenvalue weighted by molar-refractivity contribution is 0.0919. The molecular weight excluding hydrogens is 152 g/mol. The molecule has 2 unspecified atom stereocenters. The maximum Gasteiger partial charge on any atom is 0.168 e. The van der Waals surface area contributed by atoms with Crippen LogP contribution in [0.1, 0.15) is 34.6 Å². The number of hydrogen-bond acceptors (Lipinski definition) is 3. The maximum atomic E-state index is 9.48. The van der Waals surface area contributed by atoms with Crippen molar-refractivity contribution < 1.29 is 5.11 Å². The summed E-state index contributed by atoms with van der Waals surface area (Å²) >= 11 is 0. The van der Waals surface area contributed by atoms with Crippen LogP contribution in [0.5, 0.6) is 0 Å². The zero-order valence-corrected chi connectivity index (χ0v) is 8.65. The molecule has 0 fully saturated rings. The normalized spacial score (nSPS) is 17.7. The number of hydrogen-bond donors (Lipinski definition) is 1. The molecule has 0 aliphatic heterocycles. The fraction of sp³-hybridized carbons (Fsp3) is 1.00. The molecule has 0 heterocycles. The van der Waals surface area contributed by atoms with Gasteiger partial charge in [0.15, 0.2) is 6.23 Å². The van der Waals surface area contributed by atoms with Crippen LogP contribution >= 0.6 is 0 Å². The summed E-state index contributed by atoms with van der Waals surface area (Å²) in [4.78, 5) is 0. The Morgan fingerprint density at radius 1 is 0.917 bits per heavy atom. The van der Waals surface area contributed by atoms with E-state index in [9.17, 15) is 5.11 Å². The van der Waals surface area contributed by atoms with Gasteiger partial charge in [0.1, 0.15) is 0 Å². The lowest BCUT2D eigenvalue weighted by atomic mass is 9.97. The van der Waals surface area contributed by atoms with Gasteiger partial charge in [-0.05, 0) is 19.8 Å². The van der Waals surface area contributed by atoms with E-state index in [1.807, 2.05) is 20.8 Å². The molecule has 2 atom stereocenters. The SMILES string of the molecule is CC(C)/N=N\C(O)C(C)C(C)C. The van der Waals surface area contributed by atoms with Crippen molar-refractivity contribution in [3.63, 3.8) is 0 Å². The third-order valence-corrected chi connectivity index (χ3v) is 1.94. The van der Waals surface area contributed by atoms with Gasteiger partial charge in [-0.2, -0.15) is 10.2 Å². The van der Waals surface area contributed by atoms with Crippen LogP contribution < -0.4 is 0 Å². The van der Waals surface area contributed by atoms with Gasteiger partial charge in [0.05, 0.1) is 6.04 Å². The van der Waals surface area contributed by atoms with Crippen molar-refractivity contribution in [3.05, 3.63) is 0 Å². The van der Waals surface area contributed by atoms with Crippen LogP contribution in [0.15, 0.2) is 10.2 Å². The summed E-state index contributed by atoms with van der Waals surface area (Å²) < 4.78 is 0. The molecule has 1 N–H and O–H groups in total. The second-order valence-electron chi connectivity index (χ2n) is 3.84. The van der Waals surface area contributed by atoms with Crippen LogP contribution in [0.3, 0.4) is 0 Å². The summed E-state index contributed by atoms with van der Waals surface area (Å²) in [6, 6.07) is 0.166. The van der Waals surface area contributed by atoms with Crippen LogP contribution in [-0.2, 0) is 0 Å². The third kappa shape index (κ3) is 4.44. The summed E-state index contributed by atoms with van der Waals surface area (Å²) in [6.07, 6.45) is -0.646. The first-order valence-corrected chi connectivity index (χ1v) is 4.53. The van der Waals surface area contributed by atoms with Gasteiger partial charge in [-0.15, -0.1) is 0 Å². The van der Waals surface area contributed by atoms with Crippen molar-refractivity contribution in [3.8, 4) is 0 Å². The summed E-state index contributed by atoms with van der Waals surface area (Å²) in [6.45, 7) is 10.00. The lowest BCUT2D eigenvalue weighted by Gasteiger charge is -2.17. The molecule has 0 saturated heterocycles. The summed E-state index contributed by atoms with van der Waals surface area (Å²) in [5.74, 6) is 0.610. The Bertz CT molecular complexity index is 143. The average molecular weight is 172 g/mol. The fourth-order valence-electron chi connectivity index (χ4n) is 0.651. The molecule has 0 aromatic carbocycles. The number of rotatable bonds is 4. The van der Waals surface area contributed by atoms with Gasteiger partial charge in [-0.1, -0.05) is 20.8 Å². The second kappa shape index (κ2) is 5.25. The highest BCUT2D eigenvalue weighted by atomic mass is 16.3. The van der Waals surface area contributed by atoms with Crippen molar-refractivity contribution in [2.24, 2.45) is 22.1 Å². The van der Waals surface area contributed by atoms with E-state index >= 15 is 0 Å². The van der Waals surface area contributed by atoms with Gasteiger partial charge in [0.25, 0.3) is 0 Å². The van der Waals surface area contributed by atoms with E-state index in [1.165, 1.54) is 0 Å². The van der Waals surface area contributed by atoms with E-state index < -0.39 is 6.23 Å². The van der Waals surface area contributed by atoms with Gasteiger partial charge >= 0.3 is 0 Å². The Hall–Kier alpha value is -0.440. The molecule has 0 aromatic rings. The first-order valence-electron chi connectivity index (χ1n) is 4.53. The number of aliphatic hydroxyl groups is 1. The molecule has 0 aliphatic rings. The van der Waals surface area contributed by atoms with E-state index in [0.717, 1.165) is 0 Å². The highest BCUT2D eigenvalue weighted by Crippen LogP contribution is 2.15. The molecular formula is C9H20N2O. The first kappa shape index (κ1) is 11.6. The summed E-state index contributed by atoms with van der Waals surface area (Å²) in [7, 11) is 0. The maximum absolute atomic E-state index is 9.48. The van der Waals surface area contributed by atoms with Crippen molar-refractivity contribution >= 4 is 0 Å². The van der Waals surface area contributed by atoms with Gasteiger partial charge in [-0.3, -0.25) is 0 Å². The predicted octanol–water partition coefficient (Wildman–Crippen LogP) is 2.46. The van der Waals surface area contributed by atoms with Crippen LogP contribution in [0, 0.1) is 11.8 Å². The minimum Gasteiger partial charge on any atom is -0.370 e. The quantitative estimate of drug-likeness (QED) is 0.650. The van der Waals surface area contributed by atoms with Crippen LogP contribution in [0.25, 0.3) is 0 Å². The summed E-state index contributed by atoms with van der Waals surface area (Å²) in [5.41, 5.74) is 0. The number of nitrogens with zero attached hydrogens (tertiary/aromatic N) is 2. The molecule has 12 heavy (non-hydrogen) atoms. The van der Waals surface area contributed by atoms with Crippen molar-refractivity contribution in [1.82, 2.24) is 0 Å². The molecule has 0 aromatic heterocycles. The Morgan fingerprint density at radius 2 is 1.42 bits per heavy atom. The van der Waals surface area contributed by atoms with E-state index in [-0.39, 0.29) is 12.0 Å². The fourth-order valence-corrected chi connectivity index (χ4v) is 0.651. The third-order valence-electron chi connectivity index (χ3n) is 1.94. The van der Waals surface area contributed by atoms with Crippen LogP contribution in [0.2, 0.25) is 0 Å². The van der Waals surface area contributed by atoms with Gasteiger partial charge < -0.3 is 5.11 Å². The molecule has 0 rings (SSSR count). The van der Waals surface area contributed by atoms with E-state index in [1.54, 1.807) is 0 Å². The number of aliphatic hydroxyl groups excluding tert-OH is 1. The molecule has 3 heteroatoms. The topological polar surface area (TPSA) is 45.0 Å². The highest BCUT2D eigenvalue weighted by molar-refractivity contribution is 4.64. The minimum atomic E-state index is -0.646. The first-order chi connectivity index (χ1) is 5.45. The van der Waals surface area contributed by atoms with Gasteiger partial charge in [0, 0.05) is 5.92 Å². The van der Waals surface area contributed by atoms with Crippen LogP contribution in [0.4, 0.5) is 0 Å². The number of azo groups is 1. The average Bonchev–Trinajstić information content (AvgIpc) is 1.98. The van der Waals surface area contributed by atoms with Crippen molar-refractivity contribution in [1.29, 1.82) is 0 Å². The lowest BCUT2D eigenvalue weighted by Crippen LogP contribution is -2.19. The Balaban J connectivity index is 3.94. The molecule has 0 radical (unpaired) electrons. The molecule has 0 bridgehead atoms. The Labute approximate surface area is 74.9 Å². The largest absolute Gasteiger partial charge is 0.370 e. The van der Waals surface area contributed by atoms with Gasteiger partial charge in [0.2, 0.25) is 0 Å². The minimum absolute atomic E-state index is 0.166. The molecule has 3 nitrogen and oxygen atoms in total. The Kier molecular flexibility index (Phi) is 5.06. The molecule has 0 amide bonds. The predicted molar refractivity (Wildman–Crippen MR) is 50.0 cm³/mol. The van der Waals surface area contributed by atoms with E-state index in [4.69, 9.17) is 0 Å². The second-order valence-corrected chi connectivity index (χ2v) is 3.84. The van der Waals surface area contributed by atoms with Crippen LogP contribution in [-0.4, -0.2) is 17.4 Å². The van der Waals surface area contributed by atoms with Gasteiger partial charge in [-0.25, -0.2) is 0 Å². The molecule has 0 saturated carbocycles. The molecule has 0 aliphatic carbocycles. The standard InChI is InChI=1S/C9H20N2O/c1-6(2)8(5)9(12)11-10-7(3)4/h6-9,12H,1-5H3/b11-10-. The highest BCUT2D eigenvalue weighted by Gasteiger charge is 2.16. The van der Waals surface area contributed by atoms with Crippen molar-refractivity contribution in [2.45, 2.75) is 46.9 Å².